The van der Waals surface area contributed by atoms with Crippen LogP contribution in [0.3, 0.4) is 0 Å². The highest BCUT2D eigenvalue weighted by Gasteiger charge is 2.30. The van der Waals surface area contributed by atoms with Crippen LogP contribution in [-0.4, -0.2) is 58.0 Å². The first-order valence-corrected chi connectivity index (χ1v) is 8.31. The lowest BCUT2D eigenvalue weighted by Crippen LogP contribution is -2.58. The van der Waals surface area contributed by atoms with Crippen molar-refractivity contribution in [3.63, 3.8) is 0 Å². The van der Waals surface area contributed by atoms with Crippen LogP contribution in [0.25, 0.3) is 0 Å². The van der Waals surface area contributed by atoms with Gasteiger partial charge in [-0.1, -0.05) is 30.3 Å². The van der Waals surface area contributed by atoms with E-state index in [1.165, 1.54) is 6.92 Å². The SMILES string of the molecule is CC(O)C(NC(=O)C(N)Cc1ccccc1)C(=O)NC(CS)C(=O)O. The summed E-state index contributed by atoms with van der Waals surface area (Å²) in [5.74, 6) is -2.84. The number of aliphatic carboxylic acids is 1. The zero-order chi connectivity index (χ0) is 19.0. The molecule has 4 atom stereocenters. The van der Waals surface area contributed by atoms with Crippen LogP contribution in [0.15, 0.2) is 30.3 Å². The van der Waals surface area contributed by atoms with E-state index in [2.05, 4.69) is 23.3 Å². The van der Waals surface area contributed by atoms with Crippen molar-refractivity contribution in [2.45, 2.75) is 37.6 Å². The van der Waals surface area contributed by atoms with Crippen molar-refractivity contribution in [2.24, 2.45) is 5.73 Å². The van der Waals surface area contributed by atoms with E-state index in [9.17, 15) is 19.5 Å². The Kier molecular flexibility index (Phi) is 8.39. The van der Waals surface area contributed by atoms with E-state index in [1.54, 1.807) is 0 Å². The maximum absolute atomic E-state index is 12.2. The van der Waals surface area contributed by atoms with Crippen LogP contribution in [0.5, 0.6) is 0 Å². The largest absolute Gasteiger partial charge is 0.480 e. The quantitative estimate of drug-likeness (QED) is 0.306. The smallest absolute Gasteiger partial charge is 0.327 e. The minimum Gasteiger partial charge on any atom is -0.480 e. The summed E-state index contributed by atoms with van der Waals surface area (Å²) < 4.78 is 0. The van der Waals surface area contributed by atoms with Gasteiger partial charge >= 0.3 is 5.97 Å². The van der Waals surface area contributed by atoms with Gasteiger partial charge in [0.05, 0.1) is 12.1 Å². The third kappa shape index (κ3) is 6.73. The summed E-state index contributed by atoms with van der Waals surface area (Å²) in [5.41, 5.74) is 6.69. The molecule has 0 aliphatic carbocycles. The van der Waals surface area contributed by atoms with E-state index in [1.807, 2.05) is 30.3 Å². The van der Waals surface area contributed by atoms with Crippen molar-refractivity contribution in [1.82, 2.24) is 10.6 Å². The number of nitrogens with two attached hydrogens (primary N) is 1. The number of aliphatic hydroxyl groups is 1. The monoisotopic (exact) mass is 369 g/mol. The average Bonchev–Trinajstić information content (AvgIpc) is 2.57. The molecular formula is C16H23N3O5S. The van der Waals surface area contributed by atoms with Gasteiger partial charge in [-0.05, 0) is 18.9 Å². The molecule has 0 aliphatic rings. The minimum absolute atomic E-state index is 0.130. The Morgan fingerprint density at radius 3 is 2.24 bits per heavy atom. The molecule has 0 heterocycles. The second-order valence-corrected chi connectivity index (χ2v) is 5.97. The van der Waals surface area contributed by atoms with Crippen LogP contribution in [-0.2, 0) is 20.8 Å². The fourth-order valence-electron chi connectivity index (χ4n) is 2.07. The Morgan fingerprint density at radius 2 is 1.76 bits per heavy atom. The molecule has 4 unspecified atom stereocenters. The Morgan fingerprint density at radius 1 is 1.16 bits per heavy atom. The summed E-state index contributed by atoms with van der Waals surface area (Å²) in [5, 5.41) is 23.3. The zero-order valence-corrected chi connectivity index (χ0v) is 14.6. The first-order valence-electron chi connectivity index (χ1n) is 7.68. The molecule has 25 heavy (non-hydrogen) atoms. The van der Waals surface area contributed by atoms with Gasteiger partial charge in [0.2, 0.25) is 11.8 Å². The molecule has 138 valence electrons. The van der Waals surface area contributed by atoms with Crippen molar-refractivity contribution in [1.29, 1.82) is 0 Å². The summed E-state index contributed by atoms with van der Waals surface area (Å²) in [6.45, 7) is 1.31. The molecule has 1 aromatic rings. The first kappa shape index (κ1) is 20.9. The fourth-order valence-corrected chi connectivity index (χ4v) is 2.32. The molecule has 2 amide bonds. The molecular weight excluding hydrogens is 346 g/mol. The van der Waals surface area contributed by atoms with Gasteiger partial charge < -0.3 is 26.6 Å². The topological polar surface area (TPSA) is 142 Å². The molecule has 0 aromatic heterocycles. The summed E-state index contributed by atoms with van der Waals surface area (Å²) in [6.07, 6.45) is -0.975. The summed E-state index contributed by atoms with van der Waals surface area (Å²) >= 11 is 3.84. The Hall–Kier alpha value is -2.10. The van der Waals surface area contributed by atoms with Crippen LogP contribution >= 0.6 is 12.6 Å². The highest BCUT2D eigenvalue weighted by Crippen LogP contribution is 2.03. The van der Waals surface area contributed by atoms with Gasteiger partial charge in [-0.15, -0.1) is 0 Å². The van der Waals surface area contributed by atoms with Crippen LogP contribution < -0.4 is 16.4 Å². The van der Waals surface area contributed by atoms with Gasteiger partial charge in [-0.25, -0.2) is 4.79 Å². The first-order chi connectivity index (χ1) is 11.8. The van der Waals surface area contributed by atoms with E-state index in [0.29, 0.717) is 0 Å². The molecule has 0 saturated carbocycles. The Labute approximate surface area is 151 Å². The maximum Gasteiger partial charge on any atom is 0.327 e. The predicted octanol–water partition coefficient (Wildman–Crippen LogP) is -1.08. The number of carbonyl (C=O) groups is 3. The van der Waals surface area contributed by atoms with E-state index < -0.39 is 42.0 Å². The molecule has 0 radical (unpaired) electrons. The van der Waals surface area contributed by atoms with Gasteiger partial charge in [-0.3, -0.25) is 9.59 Å². The molecule has 1 rings (SSSR count). The molecule has 1 aromatic carbocycles. The zero-order valence-electron chi connectivity index (χ0n) is 13.8. The highest BCUT2D eigenvalue weighted by atomic mass is 32.1. The molecule has 0 spiro atoms. The highest BCUT2D eigenvalue weighted by molar-refractivity contribution is 7.80. The van der Waals surface area contributed by atoms with Crippen molar-refractivity contribution in [3.05, 3.63) is 35.9 Å². The number of rotatable bonds is 9. The number of carboxylic acids is 1. The summed E-state index contributed by atoms with van der Waals surface area (Å²) in [6, 6.07) is 5.63. The normalized spacial score (nSPS) is 15.5. The van der Waals surface area contributed by atoms with E-state index >= 15 is 0 Å². The van der Waals surface area contributed by atoms with Crippen molar-refractivity contribution >= 4 is 30.4 Å². The summed E-state index contributed by atoms with van der Waals surface area (Å²) in [4.78, 5) is 35.3. The minimum atomic E-state index is -1.32. The third-order valence-electron chi connectivity index (χ3n) is 3.50. The lowest BCUT2D eigenvalue weighted by molar-refractivity contribution is -0.142. The lowest BCUT2D eigenvalue weighted by Gasteiger charge is -2.24. The molecule has 8 nitrogen and oxygen atoms in total. The predicted molar refractivity (Wildman–Crippen MR) is 95.2 cm³/mol. The van der Waals surface area contributed by atoms with Gasteiger partial charge in [0.15, 0.2) is 0 Å². The van der Waals surface area contributed by atoms with Crippen LogP contribution in [0, 0.1) is 0 Å². The van der Waals surface area contributed by atoms with E-state index in [0.717, 1.165) is 5.56 Å². The van der Waals surface area contributed by atoms with Gasteiger partial charge in [0.25, 0.3) is 0 Å². The number of nitrogens with one attached hydrogen (secondary N) is 2. The van der Waals surface area contributed by atoms with Crippen LogP contribution in [0.2, 0.25) is 0 Å². The molecule has 0 saturated heterocycles. The van der Waals surface area contributed by atoms with Crippen molar-refractivity contribution in [2.75, 3.05) is 5.75 Å². The molecule has 9 heteroatoms. The number of hydrogen-bond acceptors (Lipinski definition) is 6. The Bertz CT molecular complexity index is 597. The average molecular weight is 369 g/mol. The molecule has 0 bridgehead atoms. The number of aliphatic hydroxyl groups excluding tert-OH is 1. The number of thiol groups is 1. The number of benzene rings is 1. The third-order valence-corrected chi connectivity index (χ3v) is 3.86. The van der Waals surface area contributed by atoms with Gasteiger partial charge in [-0.2, -0.15) is 12.6 Å². The number of carbonyl (C=O) groups excluding carboxylic acids is 2. The second kappa shape index (κ2) is 10.0. The van der Waals surface area contributed by atoms with Crippen LogP contribution in [0.1, 0.15) is 12.5 Å². The van der Waals surface area contributed by atoms with Gasteiger partial charge in [0.1, 0.15) is 12.1 Å². The fraction of sp³-hybridized carbons (Fsp3) is 0.438. The van der Waals surface area contributed by atoms with E-state index in [-0.39, 0.29) is 12.2 Å². The number of hydrogen-bond donors (Lipinski definition) is 6. The van der Waals surface area contributed by atoms with Crippen LogP contribution in [0.4, 0.5) is 0 Å². The Balaban J connectivity index is 2.71. The number of carboxylic acid groups (broad SMARTS) is 1. The second-order valence-electron chi connectivity index (χ2n) is 5.61. The molecule has 6 N–H and O–H groups in total. The summed E-state index contributed by atoms with van der Waals surface area (Å²) in [7, 11) is 0. The number of amides is 2. The lowest BCUT2D eigenvalue weighted by atomic mass is 10.0. The van der Waals surface area contributed by atoms with Crippen molar-refractivity contribution in [3.8, 4) is 0 Å². The van der Waals surface area contributed by atoms with Gasteiger partial charge in [0, 0.05) is 5.75 Å². The van der Waals surface area contributed by atoms with Crippen molar-refractivity contribution < 1.29 is 24.6 Å². The standard InChI is InChI=1S/C16H23N3O5S/c1-9(20)13(15(22)18-12(8-25)16(23)24)19-14(21)11(17)7-10-5-3-2-4-6-10/h2-6,9,11-13,20,25H,7-8,17H2,1H3,(H,18,22)(H,19,21)(H,23,24). The maximum atomic E-state index is 12.2. The molecule has 0 fully saturated rings. The van der Waals surface area contributed by atoms with E-state index in [4.69, 9.17) is 10.8 Å². The molecule has 0 aliphatic heterocycles.